The largest absolute Gasteiger partial charge is 0.366 e. The Morgan fingerprint density at radius 1 is 1.12 bits per heavy atom. The molecule has 0 saturated heterocycles. The van der Waals surface area contributed by atoms with Crippen molar-refractivity contribution in [3.63, 3.8) is 0 Å². The molecular weight excluding hydrogens is 234 g/mol. The molecule has 2 rings (SSSR count). The maximum atomic E-state index is 11.0. The van der Waals surface area contributed by atoms with Crippen LogP contribution in [0.2, 0.25) is 5.02 Å². The number of carbonyl (C=O) groups excluding carboxylic acids is 1. The summed E-state index contributed by atoms with van der Waals surface area (Å²) < 4.78 is 0. The third-order valence-electron chi connectivity index (χ3n) is 2.67. The normalized spacial score (nSPS) is 10.2. The Morgan fingerprint density at radius 2 is 1.76 bits per heavy atom. The number of hydrogen-bond donors (Lipinski definition) is 1. The van der Waals surface area contributed by atoms with Gasteiger partial charge in [-0.05, 0) is 30.2 Å². The van der Waals surface area contributed by atoms with E-state index >= 15 is 0 Å². The summed E-state index contributed by atoms with van der Waals surface area (Å²) >= 11 is 6.24. The molecule has 2 nitrogen and oxygen atoms in total. The average Bonchev–Trinajstić information content (AvgIpc) is 2.33. The van der Waals surface area contributed by atoms with Gasteiger partial charge in [0.05, 0.1) is 5.02 Å². The number of amides is 1. The maximum absolute atomic E-state index is 11.0. The first-order valence-electron chi connectivity index (χ1n) is 5.25. The van der Waals surface area contributed by atoms with Crippen molar-refractivity contribution in [3.05, 3.63) is 58.6 Å². The van der Waals surface area contributed by atoms with Crippen molar-refractivity contribution in [2.75, 3.05) is 0 Å². The van der Waals surface area contributed by atoms with Gasteiger partial charge >= 0.3 is 0 Å². The van der Waals surface area contributed by atoms with Crippen LogP contribution in [0.3, 0.4) is 0 Å². The van der Waals surface area contributed by atoms with Crippen molar-refractivity contribution in [1.82, 2.24) is 0 Å². The van der Waals surface area contributed by atoms with Crippen molar-refractivity contribution in [3.8, 4) is 11.1 Å². The second kappa shape index (κ2) is 4.60. The second-order valence-corrected chi connectivity index (χ2v) is 4.26. The maximum Gasteiger partial charge on any atom is 0.248 e. The van der Waals surface area contributed by atoms with Gasteiger partial charge in [0.1, 0.15) is 0 Å². The van der Waals surface area contributed by atoms with E-state index in [-0.39, 0.29) is 0 Å². The van der Waals surface area contributed by atoms with Crippen LogP contribution < -0.4 is 5.73 Å². The lowest BCUT2D eigenvalue weighted by Crippen LogP contribution is -2.10. The minimum absolute atomic E-state index is 0.424. The fraction of sp³-hybridized carbons (Fsp3) is 0.0714. The zero-order chi connectivity index (χ0) is 12.4. The average molecular weight is 246 g/mol. The highest BCUT2D eigenvalue weighted by atomic mass is 35.5. The fourth-order valence-corrected chi connectivity index (χ4v) is 1.92. The Morgan fingerprint density at radius 3 is 2.35 bits per heavy atom. The molecule has 0 saturated carbocycles. The molecule has 2 N–H and O–H groups in total. The van der Waals surface area contributed by atoms with E-state index in [4.69, 9.17) is 17.3 Å². The summed E-state index contributed by atoms with van der Waals surface area (Å²) in [6, 6.07) is 13.0. The van der Waals surface area contributed by atoms with Crippen molar-refractivity contribution in [1.29, 1.82) is 0 Å². The van der Waals surface area contributed by atoms with Gasteiger partial charge in [-0.25, -0.2) is 0 Å². The molecule has 17 heavy (non-hydrogen) atoms. The number of carbonyl (C=O) groups is 1. The molecule has 3 heteroatoms. The Labute approximate surface area is 105 Å². The van der Waals surface area contributed by atoms with Gasteiger partial charge in [0.2, 0.25) is 5.91 Å². The van der Waals surface area contributed by atoms with Crippen molar-refractivity contribution >= 4 is 17.5 Å². The van der Waals surface area contributed by atoms with Crippen LogP contribution in [0, 0.1) is 6.92 Å². The minimum atomic E-state index is -0.424. The van der Waals surface area contributed by atoms with E-state index in [9.17, 15) is 4.79 Å². The van der Waals surface area contributed by atoms with Crippen LogP contribution in [-0.4, -0.2) is 5.91 Å². The lowest BCUT2D eigenvalue weighted by atomic mass is 10.0. The number of hydrogen-bond acceptors (Lipinski definition) is 1. The smallest absolute Gasteiger partial charge is 0.248 e. The van der Waals surface area contributed by atoms with Gasteiger partial charge in [-0.2, -0.15) is 0 Å². The third-order valence-corrected chi connectivity index (χ3v) is 3.17. The van der Waals surface area contributed by atoms with Gasteiger partial charge < -0.3 is 5.73 Å². The first-order chi connectivity index (χ1) is 8.09. The SMILES string of the molecule is Cc1cccc(-c2ccc(C(N)=O)cc2)c1Cl. The van der Waals surface area contributed by atoms with E-state index in [0.717, 1.165) is 21.7 Å². The van der Waals surface area contributed by atoms with Crippen LogP contribution in [0.5, 0.6) is 0 Å². The minimum Gasteiger partial charge on any atom is -0.366 e. The molecule has 0 aliphatic rings. The van der Waals surface area contributed by atoms with Crippen LogP contribution in [0.25, 0.3) is 11.1 Å². The summed E-state index contributed by atoms with van der Waals surface area (Å²) in [5.41, 5.74) is 8.66. The van der Waals surface area contributed by atoms with Crippen LogP contribution in [0.4, 0.5) is 0 Å². The van der Waals surface area contributed by atoms with E-state index in [2.05, 4.69) is 0 Å². The summed E-state index contributed by atoms with van der Waals surface area (Å²) in [5.74, 6) is -0.424. The Kier molecular flexibility index (Phi) is 3.16. The van der Waals surface area contributed by atoms with E-state index in [0.29, 0.717) is 5.56 Å². The lowest BCUT2D eigenvalue weighted by molar-refractivity contribution is 0.100. The van der Waals surface area contributed by atoms with Crippen LogP contribution in [0.15, 0.2) is 42.5 Å². The molecule has 2 aromatic carbocycles. The van der Waals surface area contributed by atoms with Gasteiger partial charge in [0.25, 0.3) is 0 Å². The molecule has 0 heterocycles. The standard InChI is InChI=1S/C14H12ClNO/c1-9-3-2-4-12(13(9)15)10-5-7-11(8-6-10)14(16)17/h2-8H,1H3,(H2,16,17). The molecular formula is C14H12ClNO. The molecule has 0 aliphatic carbocycles. The van der Waals surface area contributed by atoms with E-state index in [1.165, 1.54) is 0 Å². The van der Waals surface area contributed by atoms with Gasteiger partial charge in [-0.1, -0.05) is 41.9 Å². The molecule has 0 fully saturated rings. The van der Waals surface area contributed by atoms with Crippen molar-refractivity contribution in [2.45, 2.75) is 6.92 Å². The zero-order valence-corrected chi connectivity index (χ0v) is 10.2. The number of primary amides is 1. The zero-order valence-electron chi connectivity index (χ0n) is 9.41. The highest BCUT2D eigenvalue weighted by molar-refractivity contribution is 6.34. The molecule has 1 amide bonds. The van der Waals surface area contributed by atoms with Crippen LogP contribution in [-0.2, 0) is 0 Å². The molecule has 86 valence electrons. The van der Waals surface area contributed by atoms with Gasteiger partial charge in [-0.3, -0.25) is 4.79 Å². The van der Waals surface area contributed by atoms with Gasteiger partial charge in [0.15, 0.2) is 0 Å². The number of benzene rings is 2. The highest BCUT2D eigenvalue weighted by Gasteiger charge is 2.06. The van der Waals surface area contributed by atoms with Gasteiger partial charge in [0, 0.05) is 11.1 Å². The molecule has 0 aliphatic heterocycles. The molecule has 0 spiro atoms. The summed E-state index contributed by atoms with van der Waals surface area (Å²) in [6.45, 7) is 1.96. The topological polar surface area (TPSA) is 43.1 Å². The molecule has 0 aromatic heterocycles. The number of rotatable bonds is 2. The molecule has 0 unspecified atom stereocenters. The summed E-state index contributed by atoms with van der Waals surface area (Å²) in [7, 11) is 0. The molecule has 0 radical (unpaired) electrons. The van der Waals surface area contributed by atoms with E-state index < -0.39 is 5.91 Å². The molecule has 0 atom stereocenters. The molecule has 0 bridgehead atoms. The molecule has 2 aromatic rings. The second-order valence-electron chi connectivity index (χ2n) is 3.88. The lowest BCUT2D eigenvalue weighted by Gasteiger charge is -2.07. The van der Waals surface area contributed by atoms with E-state index in [1.807, 2.05) is 37.3 Å². The Bertz CT molecular complexity index is 561. The Hall–Kier alpha value is -1.80. The number of halogens is 1. The van der Waals surface area contributed by atoms with Gasteiger partial charge in [-0.15, -0.1) is 0 Å². The van der Waals surface area contributed by atoms with Crippen LogP contribution in [0.1, 0.15) is 15.9 Å². The predicted octanol–water partition coefficient (Wildman–Crippen LogP) is 3.41. The number of nitrogens with two attached hydrogens (primary N) is 1. The van der Waals surface area contributed by atoms with E-state index in [1.54, 1.807) is 12.1 Å². The quantitative estimate of drug-likeness (QED) is 0.866. The first-order valence-corrected chi connectivity index (χ1v) is 5.63. The highest BCUT2D eigenvalue weighted by Crippen LogP contribution is 2.30. The summed E-state index contributed by atoms with van der Waals surface area (Å²) in [4.78, 5) is 11.0. The number of aryl methyl sites for hydroxylation is 1. The van der Waals surface area contributed by atoms with Crippen LogP contribution >= 0.6 is 11.6 Å². The monoisotopic (exact) mass is 245 g/mol. The third kappa shape index (κ3) is 2.32. The fourth-order valence-electron chi connectivity index (χ4n) is 1.68. The predicted molar refractivity (Wildman–Crippen MR) is 70.1 cm³/mol. The summed E-state index contributed by atoms with van der Waals surface area (Å²) in [5, 5.41) is 0.735. The van der Waals surface area contributed by atoms with Crippen molar-refractivity contribution in [2.24, 2.45) is 5.73 Å². The van der Waals surface area contributed by atoms with Crippen molar-refractivity contribution < 1.29 is 4.79 Å². The first kappa shape index (κ1) is 11.7. The summed E-state index contributed by atoms with van der Waals surface area (Å²) in [6.07, 6.45) is 0. The Balaban J connectivity index is 2.47.